The normalized spacial score (nSPS) is 26.5. The molecule has 0 radical (unpaired) electrons. The summed E-state index contributed by atoms with van der Waals surface area (Å²) in [4.78, 5) is 2.66. The first-order valence-electron chi connectivity index (χ1n) is 8.37. The van der Waals surface area contributed by atoms with Crippen LogP contribution in [0.5, 0.6) is 5.75 Å². The molecule has 0 amide bonds. The highest BCUT2D eigenvalue weighted by atomic mass is 16.5. The van der Waals surface area contributed by atoms with Gasteiger partial charge in [0.05, 0.1) is 7.11 Å². The summed E-state index contributed by atoms with van der Waals surface area (Å²) in [5.41, 5.74) is 2.69. The van der Waals surface area contributed by atoms with Crippen molar-refractivity contribution in [2.24, 2.45) is 5.92 Å². The van der Waals surface area contributed by atoms with Crippen molar-refractivity contribution in [2.45, 2.75) is 51.1 Å². The van der Waals surface area contributed by atoms with Crippen LogP contribution in [0, 0.1) is 5.92 Å². The van der Waals surface area contributed by atoms with Crippen LogP contribution in [0.1, 0.15) is 50.6 Å². The van der Waals surface area contributed by atoms with E-state index in [-0.39, 0.29) is 0 Å². The maximum atomic E-state index is 5.64. The molecule has 3 rings (SSSR count). The Balaban J connectivity index is 1.97. The molecule has 1 aromatic carbocycles. The number of ether oxygens (including phenoxy) is 1. The Kier molecular flexibility index (Phi) is 4.39. The summed E-state index contributed by atoms with van der Waals surface area (Å²) in [5.74, 6) is 1.91. The Morgan fingerprint density at radius 3 is 2.81 bits per heavy atom. The van der Waals surface area contributed by atoms with Gasteiger partial charge in [-0.25, -0.2) is 0 Å². The Morgan fingerprint density at radius 2 is 2.05 bits per heavy atom. The SMILES string of the molecule is CNC(C)c1c(OC)cccc1N1CCC2CCCCC21. The van der Waals surface area contributed by atoms with E-state index in [9.17, 15) is 0 Å². The quantitative estimate of drug-likeness (QED) is 0.913. The fourth-order valence-electron chi connectivity index (χ4n) is 4.25. The van der Waals surface area contributed by atoms with Crippen molar-refractivity contribution in [1.82, 2.24) is 5.32 Å². The summed E-state index contributed by atoms with van der Waals surface area (Å²) in [6.45, 7) is 3.42. The van der Waals surface area contributed by atoms with Gasteiger partial charge in [0.2, 0.25) is 0 Å². The van der Waals surface area contributed by atoms with E-state index in [1.807, 2.05) is 7.05 Å². The van der Waals surface area contributed by atoms with Crippen LogP contribution in [-0.2, 0) is 0 Å². The molecule has 116 valence electrons. The van der Waals surface area contributed by atoms with E-state index in [4.69, 9.17) is 4.74 Å². The van der Waals surface area contributed by atoms with Gasteiger partial charge in [-0.1, -0.05) is 18.9 Å². The number of rotatable bonds is 4. The Morgan fingerprint density at radius 1 is 1.24 bits per heavy atom. The highest BCUT2D eigenvalue weighted by Gasteiger charge is 2.37. The van der Waals surface area contributed by atoms with Crippen molar-refractivity contribution in [3.05, 3.63) is 23.8 Å². The molecule has 2 fully saturated rings. The Bertz CT molecular complexity index is 488. The second-order valence-electron chi connectivity index (χ2n) is 6.50. The summed E-state index contributed by atoms with van der Waals surface area (Å²) in [7, 11) is 3.80. The molecule has 1 heterocycles. The average Bonchev–Trinajstić information content (AvgIpc) is 2.97. The minimum absolute atomic E-state index is 0.304. The van der Waals surface area contributed by atoms with Crippen LogP contribution < -0.4 is 15.0 Å². The minimum atomic E-state index is 0.304. The lowest BCUT2D eigenvalue weighted by molar-refractivity contribution is 0.341. The smallest absolute Gasteiger partial charge is 0.125 e. The van der Waals surface area contributed by atoms with E-state index in [1.54, 1.807) is 7.11 Å². The number of methoxy groups -OCH3 is 1. The highest BCUT2D eigenvalue weighted by Crippen LogP contribution is 2.43. The minimum Gasteiger partial charge on any atom is -0.496 e. The van der Waals surface area contributed by atoms with Gasteiger partial charge >= 0.3 is 0 Å². The van der Waals surface area contributed by atoms with Gasteiger partial charge in [-0.2, -0.15) is 0 Å². The zero-order valence-electron chi connectivity index (χ0n) is 13.6. The molecule has 0 spiro atoms. The first-order valence-corrected chi connectivity index (χ1v) is 8.37. The van der Waals surface area contributed by atoms with Crippen molar-refractivity contribution in [1.29, 1.82) is 0 Å². The topological polar surface area (TPSA) is 24.5 Å². The number of hydrogen-bond acceptors (Lipinski definition) is 3. The highest BCUT2D eigenvalue weighted by molar-refractivity contribution is 5.62. The van der Waals surface area contributed by atoms with E-state index >= 15 is 0 Å². The monoisotopic (exact) mass is 288 g/mol. The van der Waals surface area contributed by atoms with E-state index in [2.05, 4.69) is 35.3 Å². The molecule has 3 heteroatoms. The van der Waals surface area contributed by atoms with Crippen LogP contribution in [0.15, 0.2) is 18.2 Å². The van der Waals surface area contributed by atoms with Crippen LogP contribution in [-0.4, -0.2) is 26.7 Å². The fraction of sp³-hybridized carbons (Fsp3) is 0.667. The molecule has 0 bridgehead atoms. The third kappa shape index (κ3) is 2.64. The molecular formula is C18H28N2O. The molecule has 1 saturated heterocycles. The summed E-state index contributed by atoms with van der Waals surface area (Å²) in [6.07, 6.45) is 6.94. The molecule has 3 unspecified atom stereocenters. The third-order valence-electron chi connectivity index (χ3n) is 5.45. The molecule has 1 aliphatic heterocycles. The fourth-order valence-corrected chi connectivity index (χ4v) is 4.25. The molecule has 1 aliphatic carbocycles. The maximum absolute atomic E-state index is 5.64. The predicted octanol–water partition coefficient (Wildman–Crippen LogP) is 3.74. The van der Waals surface area contributed by atoms with Crippen LogP contribution in [0.2, 0.25) is 0 Å². The van der Waals surface area contributed by atoms with Crippen molar-refractivity contribution in [3.63, 3.8) is 0 Å². The van der Waals surface area contributed by atoms with Crippen molar-refractivity contribution >= 4 is 5.69 Å². The zero-order valence-corrected chi connectivity index (χ0v) is 13.6. The largest absolute Gasteiger partial charge is 0.496 e. The van der Waals surface area contributed by atoms with Gasteiger partial charge in [0, 0.05) is 29.9 Å². The van der Waals surface area contributed by atoms with Crippen molar-refractivity contribution in [3.8, 4) is 5.75 Å². The summed E-state index contributed by atoms with van der Waals surface area (Å²) in [5, 5.41) is 3.39. The number of hydrogen-bond donors (Lipinski definition) is 1. The van der Waals surface area contributed by atoms with Gasteiger partial charge in [-0.15, -0.1) is 0 Å². The second-order valence-corrected chi connectivity index (χ2v) is 6.50. The second kappa shape index (κ2) is 6.27. The first kappa shape index (κ1) is 14.7. The van der Waals surface area contributed by atoms with Gasteiger partial charge in [-0.05, 0) is 51.3 Å². The predicted molar refractivity (Wildman–Crippen MR) is 88.2 cm³/mol. The van der Waals surface area contributed by atoms with Gasteiger partial charge in [0.15, 0.2) is 0 Å². The molecule has 1 N–H and O–H groups in total. The van der Waals surface area contributed by atoms with Gasteiger partial charge in [0.25, 0.3) is 0 Å². The number of nitrogens with zero attached hydrogens (tertiary/aromatic N) is 1. The number of benzene rings is 1. The van der Waals surface area contributed by atoms with Gasteiger partial charge in [0.1, 0.15) is 5.75 Å². The van der Waals surface area contributed by atoms with Crippen LogP contribution in [0.3, 0.4) is 0 Å². The lowest BCUT2D eigenvalue weighted by atomic mass is 9.85. The van der Waals surface area contributed by atoms with E-state index in [0.29, 0.717) is 6.04 Å². The molecule has 1 aromatic rings. The molecule has 0 aromatic heterocycles. The Hall–Kier alpha value is -1.22. The summed E-state index contributed by atoms with van der Waals surface area (Å²) < 4.78 is 5.64. The number of anilines is 1. The lowest BCUT2D eigenvalue weighted by Crippen LogP contribution is -2.35. The summed E-state index contributed by atoms with van der Waals surface area (Å²) in [6, 6.07) is 7.55. The van der Waals surface area contributed by atoms with E-state index < -0.39 is 0 Å². The Labute approximate surface area is 128 Å². The van der Waals surface area contributed by atoms with Gasteiger partial charge in [-0.3, -0.25) is 0 Å². The molecule has 1 saturated carbocycles. The molecule has 2 aliphatic rings. The van der Waals surface area contributed by atoms with Crippen LogP contribution in [0.25, 0.3) is 0 Å². The third-order valence-corrected chi connectivity index (χ3v) is 5.45. The molecule has 21 heavy (non-hydrogen) atoms. The number of nitrogens with one attached hydrogen (secondary N) is 1. The first-order chi connectivity index (χ1) is 10.3. The lowest BCUT2D eigenvalue weighted by Gasteiger charge is -2.35. The van der Waals surface area contributed by atoms with Crippen LogP contribution in [0.4, 0.5) is 5.69 Å². The maximum Gasteiger partial charge on any atom is 0.125 e. The van der Waals surface area contributed by atoms with E-state index in [0.717, 1.165) is 17.7 Å². The number of fused-ring (bicyclic) bond motifs is 1. The van der Waals surface area contributed by atoms with Crippen molar-refractivity contribution in [2.75, 3.05) is 25.6 Å². The summed E-state index contributed by atoms with van der Waals surface area (Å²) >= 11 is 0. The average molecular weight is 288 g/mol. The van der Waals surface area contributed by atoms with Gasteiger partial charge < -0.3 is 15.0 Å². The molecule has 3 nitrogen and oxygen atoms in total. The molecular weight excluding hydrogens is 260 g/mol. The van der Waals surface area contributed by atoms with Crippen LogP contribution >= 0.6 is 0 Å². The standard InChI is InChI=1S/C18H28N2O/c1-13(19-2)18-16(9-6-10-17(18)21-3)20-12-11-14-7-4-5-8-15(14)20/h6,9-10,13-15,19H,4-5,7-8,11-12H2,1-3H3. The zero-order chi connectivity index (χ0) is 14.8. The van der Waals surface area contributed by atoms with Crippen molar-refractivity contribution < 1.29 is 4.74 Å². The van der Waals surface area contributed by atoms with E-state index in [1.165, 1.54) is 49.9 Å². The molecule has 3 atom stereocenters.